The normalized spacial score (nSPS) is 13.6. The molecule has 0 bridgehead atoms. The van der Waals surface area contributed by atoms with Gasteiger partial charge in [0.15, 0.2) is 0 Å². The zero-order chi connectivity index (χ0) is 38.4. The fourth-order valence-corrected chi connectivity index (χ4v) is 5.20. The summed E-state index contributed by atoms with van der Waals surface area (Å²) in [5.41, 5.74) is 0. The minimum Gasteiger partial charge on any atom is -0.457 e. The van der Waals surface area contributed by atoms with Crippen molar-refractivity contribution >= 4 is 5.97 Å². The van der Waals surface area contributed by atoms with E-state index in [0.717, 1.165) is 109 Å². The highest BCUT2D eigenvalue weighted by molar-refractivity contribution is 5.69. The fraction of sp³-hybridized carbons (Fsp3) is 0.571. The average molecular weight is 731 g/mol. The average Bonchev–Trinajstić information content (AvgIpc) is 3.16. The molecular weight excluding hydrogens is 653 g/mol. The number of allylic oxidation sites excluding steroid dienone is 20. The van der Waals surface area contributed by atoms with Gasteiger partial charge < -0.3 is 14.6 Å². The molecule has 0 spiro atoms. The van der Waals surface area contributed by atoms with Gasteiger partial charge in [0.05, 0.1) is 13.2 Å². The van der Waals surface area contributed by atoms with Gasteiger partial charge in [0.1, 0.15) is 6.10 Å². The third-order valence-corrected chi connectivity index (χ3v) is 8.28. The van der Waals surface area contributed by atoms with Gasteiger partial charge in [-0.25, -0.2) is 0 Å². The Morgan fingerprint density at radius 3 is 1.19 bits per heavy atom. The number of aliphatic hydroxyl groups is 1. The molecule has 0 aromatic rings. The van der Waals surface area contributed by atoms with E-state index in [1.807, 2.05) is 0 Å². The van der Waals surface area contributed by atoms with E-state index in [9.17, 15) is 9.90 Å². The summed E-state index contributed by atoms with van der Waals surface area (Å²) >= 11 is 0. The molecule has 53 heavy (non-hydrogen) atoms. The van der Waals surface area contributed by atoms with Crippen LogP contribution in [-0.4, -0.2) is 37.0 Å². The summed E-state index contributed by atoms with van der Waals surface area (Å²) in [5, 5.41) is 9.60. The Labute approximate surface area is 327 Å². The van der Waals surface area contributed by atoms with Gasteiger partial charge in [-0.2, -0.15) is 0 Å². The van der Waals surface area contributed by atoms with Gasteiger partial charge in [0.25, 0.3) is 0 Å². The van der Waals surface area contributed by atoms with Crippen LogP contribution in [0.15, 0.2) is 122 Å². The molecule has 4 heteroatoms. The van der Waals surface area contributed by atoms with Crippen LogP contribution in [0.1, 0.15) is 155 Å². The minimum atomic E-state index is -0.570. The SMILES string of the molecule is CC/C=C\C/C=C\C/C=C\C/C=C\C/C=C\CCCCCCCCOCC(CO)OC(=O)CCCCC/C=C\C/C=C\C/C=C\C/C=C\C/C=C\CC. The van der Waals surface area contributed by atoms with Gasteiger partial charge in [0, 0.05) is 13.0 Å². The van der Waals surface area contributed by atoms with E-state index in [4.69, 9.17) is 9.47 Å². The number of esters is 1. The van der Waals surface area contributed by atoms with Crippen LogP contribution in [-0.2, 0) is 14.3 Å². The van der Waals surface area contributed by atoms with E-state index in [1.165, 1.54) is 25.7 Å². The number of carbonyl (C=O) groups is 1. The molecule has 0 aliphatic rings. The van der Waals surface area contributed by atoms with Gasteiger partial charge in [-0.3, -0.25) is 4.79 Å². The van der Waals surface area contributed by atoms with E-state index in [0.29, 0.717) is 13.0 Å². The van der Waals surface area contributed by atoms with Crippen molar-refractivity contribution in [3.63, 3.8) is 0 Å². The summed E-state index contributed by atoms with van der Waals surface area (Å²) in [6.45, 7) is 5.02. The molecule has 0 aromatic carbocycles. The zero-order valence-electron chi connectivity index (χ0n) is 34.0. The summed E-state index contributed by atoms with van der Waals surface area (Å²) in [6.07, 6.45) is 66.8. The Morgan fingerprint density at radius 1 is 0.453 bits per heavy atom. The van der Waals surface area contributed by atoms with Crippen molar-refractivity contribution in [3.8, 4) is 0 Å². The molecule has 0 aliphatic heterocycles. The molecule has 298 valence electrons. The van der Waals surface area contributed by atoms with E-state index in [1.54, 1.807) is 0 Å². The van der Waals surface area contributed by atoms with Crippen molar-refractivity contribution < 1.29 is 19.4 Å². The van der Waals surface area contributed by atoms with E-state index < -0.39 is 6.10 Å². The van der Waals surface area contributed by atoms with Crippen molar-refractivity contribution in [1.82, 2.24) is 0 Å². The second-order valence-electron chi connectivity index (χ2n) is 13.3. The van der Waals surface area contributed by atoms with Crippen molar-refractivity contribution in [3.05, 3.63) is 122 Å². The first kappa shape index (κ1) is 49.8. The molecule has 0 aromatic heterocycles. The van der Waals surface area contributed by atoms with Crippen LogP contribution < -0.4 is 0 Å². The number of ether oxygens (including phenoxy) is 2. The number of hydrogen-bond donors (Lipinski definition) is 1. The molecule has 0 radical (unpaired) electrons. The number of unbranched alkanes of at least 4 members (excludes halogenated alkanes) is 9. The lowest BCUT2D eigenvalue weighted by Gasteiger charge is -2.15. The molecule has 1 atom stereocenters. The highest BCUT2D eigenvalue weighted by atomic mass is 16.6. The van der Waals surface area contributed by atoms with E-state index >= 15 is 0 Å². The lowest BCUT2D eigenvalue weighted by Crippen LogP contribution is -2.27. The predicted octanol–water partition coefficient (Wildman–Crippen LogP) is 14.1. The van der Waals surface area contributed by atoms with Crippen LogP contribution >= 0.6 is 0 Å². The molecule has 4 nitrogen and oxygen atoms in total. The second kappa shape index (κ2) is 44.9. The van der Waals surface area contributed by atoms with Crippen LogP contribution in [0.4, 0.5) is 0 Å². The Bertz CT molecular complexity index is 1080. The largest absolute Gasteiger partial charge is 0.457 e. The molecule has 0 heterocycles. The first-order valence-electron chi connectivity index (χ1n) is 21.1. The molecule has 0 rings (SSSR count). The third kappa shape index (κ3) is 43.1. The Hall–Kier alpha value is -3.21. The summed E-state index contributed by atoms with van der Waals surface area (Å²) in [6, 6.07) is 0. The zero-order valence-corrected chi connectivity index (χ0v) is 34.0. The Balaban J connectivity index is 3.60. The number of rotatable bonds is 37. The van der Waals surface area contributed by atoms with E-state index in [2.05, 4.69) is 135 Å². The Kier molecular flexibility index (Phi) is 42.2. The molecule has 0 fully saturated rings. The van der Waals surface area contributed by atoms with Gasteiger partial charge >= 0.3 is 5.97 Å². The summed E-state index contributed by atoms with van der Waals surface area (Å²) in [4.78, 5) is 12.2. The highest BCUT2D eigenvalue weighted by Gasteiger charge is 2.13. The maximum Gasteiger partial charge on any atom is 0.306 e. The first-order valence-corrected chi connectivity index (χ1v) is 21.1. The number of hydrogen-bond acceptors (Lipinski definition) is 4. The molecule has 0 aliphatic carbocycles. The smallest absolute Gasteiger partial charge is 0.306 e. The lowest BCUT2D eigenvalue weighted by molar-refractivity contribution is -0.154. The third-order valence-electron chi connectivity index (χ3n) is 8.28. The maximum atomic E-state index is 12.2. The molecule has 0 saturated heterocycles. The molecule has 1 N–H and O–H groups in total. The number of carbonyl (C=O) groups excluding carboxylic acids is 1. The molecule has 0 amide bonds. The predicted molar refractivity (Wildman–Crippen MR) is 232 cm³/mol. The van der Waals surface area contributed by atoms with Crippen LogP contribution in [0.3, 0.4) is 0 Å². The minimum absolute atomic E-state index is 0.201. The first-order chi connectivity index (χ1) is 26.2. The highest BCUT2D eigenvalue weighted by Crippen LogP contribution is 2.10. The van der Waals surface area contributed by atoms with Gasteiger partial charge in [-0.05, 0) is 103 Å². The fourth-order valence-electron chi connectivity index (χ4n) is 5.20. The quantitative estimate of drug-likeness (QED) is 0.0393. The van der Waals surface area contributed by atoms with Gasteiger partial charge in [0.2, 0.25) is 0 Å². The van der Waals surface area contributed by atoms with Crippen LogP contribution in [0, 0.1) is 0 Å². The van der Waals surface area contributed by atoms with Crippen LogP contribution in [0.25, 0.3) is 0 Å². The summed E-state index contributed by atoms with van der Waals surface area (Å²) < 4.78 is 11.1. The van der Waals surface area contributed by atoms with Crippen molar-refractivity contribution in [1.29, 1.82) is 0 Å². The number of aliphatic hydroxyl groups excluding tert-OH is 1. The lowest BCUT2D eigenvalue weighted by atomic mass is 10.1. The van der Waals surface area contributed by atoms with Crippen molar-refractivity contribution in [2.75, 3.05) is 19.8 Å². The molecule has 0 saturated carbocycles. The van der Waals surface area contributed by atoms with Crippen LogP contribution in [0.5, 0.6) is 0 Å². The summed E-state index contributed by atoms with van der Waals surface area (Å²) in [5.74, 6) is -0.243. The van der Waals surface area contributed by atoms with Crippen molar-refractivity contribution in [2.45, 2.75) is 161 Å². The monoisotopic (exact) mass is 731 g/mol. The van der Waals surface area contributed by atoms with Gasteiger partial charge in [-0.1, -0.05) is 167 Å². The van der Waals surface area contributed by atoms with Crippen molar-refractivity contribution in [2.24, 2.45) is 0 Å². The van der Waals surface area contributed by atoms with Crippen LogP contribution in [0.2, 0.25) is 0 Å². The molecular formula is C49H78O4. The standard InChI is InChI=1S/C49H78O4/c1-3-5-7-9-11-13-15-17-19-21-23-24-25-27-29-31-33-35-37-39-41-43-45-52-47-48(46-50)53-49(51)44-42-40-38-36-34-32-30-28-26-22-20-18-16-14-12-10-8-6-4-2/h5-8,11-14,17-20,23-24,26-29,32,34,48,50H,3-4,9-10,15-16,21-22,25,30-31,33,35-47H2,1-2H3/b7-5-,8-6-,13-11-,14-12-,19-17-,20-18-,24-23-,28-26-,29-27-,34-32-. The maximum absolute atomic E-state index is 12.2. The Morgan fingerprint density at radius 2 is 0.792 bits per heavy atom. The van der Waals surface area contributed by atoms with E-state index in [-0.39, 0.29) is 19.2 Å². The second-order valence-corrected chi connectivity index (χ2v) is 13.3. The topological polar surface area (TPSA) is 55.8 Å². The summed E-state index contributed by atoms with van der Waals surface area (Å²) in [7, 11) is 0. The molecule has 1 unspecified atom stereocenters. The van der Waals surface area contributed by atoms with Gasteiger partial charge in [-0.15, -0.1) is 0 Å².